The lowest BCUT2D eigenvalue weighted by atomic mass is 10.1. The Bertz CT molecular complexity index is 284. The monoisotopic (exact) mass is 420 g/mol. The molecule has 0 aliphatic rings. The minimum absolute atomic E-state index is 0.0726. The van der Waals surface area contributed by atoms with Crippen LogP contribution in [-0.2, 0) is 14.3 Å². The first-order chi connectivity index (χ1) is 12.3. The van der Waals surface area contributed by atoms with Crippen LogP contribution in [0.5, 0.6) is 0 Å². The molecule has 0 spiro atoms. The van der Waals surface area contributed by atoms with Gasteiger partial charge in [0, 0.05) is 11.9 Å². The predicted octanol–water partition coefficient (Wildman–Crippen LogP) is 6.67. The highest BCUT2D eigenvalue weighted by Gasteiger charge is 2.19. The molecule has 1 unspecified atom stereocenters. The van der Waals surface area contributed by atoms with Crippen LogP contribution in [0.3, 0.4) is 0 Å². The average molecular weight is 421 g/mol. The van der Waals surface area contributed by atoms with E-state index in [1.54, 1.807) is 0 Å². The van der Waals surface area contributed by atoms with Crippen LogP contribution in [0, 0.1) is 5.92 Å². The number of unbranched alkanes of at least 4 members (excludes halogenated alkanes) is 9. The molecule has 0 heterocycles. The molecule has 0 aliphatic carbocycles. The molecule has 0 saturated heterocycles. The number of rotatable bonds is 19. The van der Waals surface area contributed by atoms with Crippen molar-refractivity contribution in [1.29, 1.82) is 0 Å². The third kappa shape index (κ3) is 17.1. The summed E-state index contributed by atoms with van der Waals surface area (Å²) < 4.78 is 11.2. The molecule has 0 aromatic rings. The molecule has 0 N–H and O–H groups in total. The Balaban J connectivity index is 3.62. The maximum atomic E-state index is 12.1. The number of halogens is 1. The van der Waals surface area contributed by atoms with E-state index in [1.807, 2.05) is 0 Å². The number of hydrogen-bond donors (Lipinski definition) is 0. The van der Waals surface area contributed by atoms with E-state index in [0.29, 0.717) is 13.2 Å². The minimum atomic E-state index is -0.0878. The molecule has 0 bridgehead atoms. The fourth-order valence-electron chi connectivity index (χ4n) is 2.85. The van der Waals surface area contributed by atoms with Crippen LogP contribution < -0.4 is 0 Å². The molecule has 0 fully saturated rings. The van der Waals surface area contributed by atoms with Crippen molar-refractivity contribution in [2.75, 3.05) is 25.2 Å². The maximum Gasteiger partial charge on any atom is 0.311 e. The first kappa shape index (κ1) is 24.9. The van der Waals surface area contributed by atoms with E-state index in [-0.39, 0.29) is 11.9 Å². The molecular weight excluding hydrogens is 380 g/mol. The zero-order valence-electron chi connectivity index (χ0n) is 16.7. The standard InChI is InChI=1S/C21H41BrO3/c1-3-5-6-7-8-9-10-13-17-24-19-20(15-4-2)21(23)25-18-14-11-12-16-22/h20H,3-19H2,1-2H3. The first-order valence-corrected chi connectivity index (χ1v) is 11.7. The summed E-state index contributed by atoms with van der Waals surface area (Å²) >= 11 is 3.41. The van der Waals surface area contributed by atoms with Crippen molar-refractivity contribution < 1.29 is 14.3 Å². The number of carbonyl (C=O) groups is 1. The molecule has 0 radical (unpaired) electrons. The van der Waals surface area contributed by atoms with Crippen LogP contribution in [0.25, 0.3) is 0 Å². The van der Waals surface area contributed by atoms with Crippen molar-refractivity contribution in [3.63, 3.8) is 0 Å². The Labute approximate surface area is 164 Å². The Morgan fingerprint density at radius 2 is 1.40 bits per heavy atom. The zero-order valence-corrected chi connectivity index (χ0v) is 18.3. The lowest BCUT2D eigenvalue weighted by Gasteiger charge is -2.15. The first-order valence-electron chi connectivity index (χ1n) is 10.6. The summed E-state index contributed by atoms with van der Waals surface area (Å²) in [5.41, 5.74) is 0. The van der Waals surface area contributed by atoms with Crippen molar-refractivity contribution in [3.8, 4) is 0 Å². The van der Waals surface area contributed by atoms with Crippen LogP contribution in [0.1, 0.15) is 97.3 Å². The highest BCUT2D eigenvalue weighted by molar-refractivity contribution is 9.09. The van der Waals surface area contributed by atoms with Crippen molar-refractivity contribution >= 4 is 21.9 Å². The fraction of sp³-hybridized carbons (Fsp3) is 0.952. The maximum absolute atomic E-state index is 12.1. The van der Waals surface area contributed by atoms with Crippen LogP contribution in [0.4, 0.5) is 0 Å². The third-order valence-corrected chi connectivity index (χ3v) is 5.01. The van der Waals surface area contributed by atoms with Gasteiger partial charge < -0.3 is 9.47 Å². The second-order valence-electron chi connectivity index (χ2n) is 6.95. The van der Waals surface area contributed by atoms with Gasteiger partial charge in [-0.25, -0.2) is 0 Å². The minimum Gasteiger partial charge on any atom is -0.465 e. The molecule has 1 atom stereocenters. The SMILES string of the molecule is CCCCCCCCCCOCC(CCC)C(=O)OCCCCCBr. The lowest BCUT2D eigenvalue weighted by Crippen LogP contribution is -2.23. The summed E-state index contributed by atoms with van der Waals surface area (Å²) in [6.07, 6.45) is 15.5. The van der Waals surface area contributed by atoms with Gasteiger partial charge in [0.15, 0.2) is 0 Å². The molecular formula is C21H41BrO3. The van der Waals surface area contributed by atoms with E-state index in [2.05, 4.69) is 29.8 Å². The number of hydrogen-bond acceptors (Lipinski definition) is 3. The third-order valence-electron chi connectivity index (χ3n) is 4.45. The van der Waals surface area contributed by atoms with Gasteiger partial charge in [-0.2, -0.15) is 0 Å². The van der Waals surface area contributed by atoms with Crippen LogP contribution in [-0.4, -0.2) is 31.1 Å². The molecule has 0 aromatic heterocycles. The number of esters is 1. The summed E-state index contributed by atoms with van der Waals surface area (Å²) in [7, 11) is 0. The van der Waals surface area contributed by atoms with Gasteiger partial charge >= 0.3 is 5.97 Å². The van der Waals surface area contributed by atoms with Gasteiger partial charge in [-0.05, 0) is 32.1 Å². The van der Waals surface area contributed by atoms with Crippen molar-refractivity contribution in [3.05, 3.63) is 0 Å². The molecule has 0 aromatic carbocycles. The topological polar surface area (TPSA) is 35.5 Å². The number of alkyl halides is 1. The largest absolute Gasteiger partial charge is 0.465 e. The molecule has 0 rings (SSSR count). The highest BCUT2D eigenvalue weighted by Crippen LogP contribution is 2.12. The van der Waals surface area contributed by atoms with Crippen LogP contribution in [0.15, 0.2) is 0 Å². The second kappa shape index (κ2) is 20.2. The summed E-state index contributed by atoms with van der Waals surface area (Å²) in [6, 6.07) is 0. The van der Waals surface area contributed by atoms with Crippen LogP contribution >= 0.6 is 15.9 Å². The van der Waals surface area contributed by atoms with Crippen molar-refractivity contribution in [2.24, 2.45) is 5.92 Å². The molecule has 0 saturated carbocycles. The normalized spacial score (nSPS) is 12.3. The van der Waals surface area contributed by atoms with E-state index in [9.17, 15) is 4.79 Å². The Morgan fingerprint density at radius 3 is 2.04 bits per heavy atom. The van der Waals surface area contributed by atoms with Gasteiger partial charge in [-0.1, -0.05) is 81.1 Å². The summed E-state index contributed by atoms with van der Waals surface area (Å²) in [4.78, 5) is 12.1. The summed E-state index contributed by atoms with van der Waals surface area (Å²) in [5, 5.41) is 1.02. The fourth-order valence-corrected chi connectivity index (χ4v) is 3.24. The van der Waals surface area contributed by atoms with E-state index in [0.717, 1.165) is 50.5 Å². The highest BCUT2D eigenvalue weighted by atomic mass is 79.9. The quantitative estimate of drug-likeness (QED) is 0.133. The van der Waals surface area contributed by atoms with Gasteiger partial charge in [0.25, 0.3) is 0 Å². The Hall–Kier alpha value is -0.0900. The molecule has 0 aliphatic heterocycles. The van der Waals surface area contributed by atoms with E-state index in [1.165, 1.54) is 44.9 Å². The molecule has 25 heavy (non-hydrogen) atoms. The summed E-state index contributed by atoms with van der Waals surface area (Å²) in [5.74, 6) is -0.160. The second-order valence-corrected chi connectivity index (χ2v) is 7.75. The number of carbonyl (C=O) groups excluding carboxylic acids is 1. The predicted molar refractivity (Wildman–Crippen MR) is 110 cm³/mol. The Morgan fingerprint density at radius 1 is 0.800 bits per heavy atom. The average Bonchev–Trinajstić information content (AvgIpc) is 2.62. The summed E-state index contributed by atoms with van der Waals surface area (Å²) in [6.45, 7) is 6.20. The molecule has 150 valence electrons. The van der Waals surface area contributed by atoms with E-state index < -0.39 is 0 Å². The lowest BCUT2D eigenvalue weighted by molar-refractivity contribution is -0.151. The molecule has 0 amide bonds. The van der Waals surface area contributed by atoms with Crippen LogP contribution in [0.2, 0.25) is 0 Å². The van der Waals surface area contributed by atoms with Gasteiger partial charge in [-0.15, -0.1) is 0 Å². The van der Waals surface area contributed by atoms with E-state index in [4.69, 9.17) is 9.47 Å². The molecule has 3 nitrogen and oxygen atoms in total. The van der Waals surface area contributed by atoms with Gasteiger partial charge in [0.05, 0.1) is 19.1 Å². The Kier molecular flexibility index (Phi) is 20.2. The zero-order chi connectivity index (χ0) is 18.6. The smallest absolute Gasteiger partial charge is 0.311 e. The van der Waals surface area contributed by atoms with Crippen molar-refractivity contribution in [1.82, 2.24) is 0 Å². The van der Waals surface area contributed by atoms with Gasteiger partial charge in [-0.3, -0.25) is 4.79 Å². The van der Waals surface area contributed by atoms with Crippen molar-refractivity contribution in [2.45, 2.75) is 97.3 Å². The molecule has 4 heteroatoms. The van der Waals surface area contributed by atoms with E-state index >= 15 is 0 Å². The van der Waals surface area contributed by atoms with Gasteiger partial charge in [0.2, 0.25) is 0 Å². The van der Waals surface area contributed by atoms with Gasteiger partial charge in [0.1, 0.15) is 0 Å². The number of ether oxygens (including phenoxy) is 2.